The molecule has 0 unspecified atom stereocenters. The minimum Gasteiger partial charge on any atom is -0.355 e. The summed E-state index contributed by atoms with van der Waals surface area (Å²) in [5.74, 6) is 0.444. The number of nitrogens with two attached hydrogens (primary N) is 1. The third-order valence-electron chi connectivity index (χ3n) is 3.82. The first-order valence-corrected chi connectivity index (χ1v) is 6.33. The van der Waals surface area contributed by atoms with E-state index < -0.39 is 0 Å². The molecule has 0 amide bonds. The maximum Gasteiger partial charge on any atom is 0.146 e. The first kappa shape index (κ1) is 11.2. The van der Waals surface area contributed by atoms with Crippen molar-refractivity contribution < 1.29 is 9.47 Å². The van der Waals surface area contributed by atoms with Crippen molar-refractivity contribution in [2.45, 2.75) is 30.7 Å². The molecule has 3 heteroatoms. The fraction of sp³-hybridized carbons (Fsp3) is 0.571. The van der Waals surface area contributed by atoms with E-state index in [1.165, 1.54) is 11.1 Å². The van der Waals surface area contributed by atoms with E-state index in [-0.39, 0.29) is 5.54 Å². The third-order valence-corrected chi connectivity index (χ3v) is 3.82. The first-order chi connectivity index (χ1) is 8.28. The second-order valence-corrected chi connectivity index (χ2v) is 5.16. The predicted octanol–water partition coefficient (Wildman–Crippen LogP) is 2.11. The smallest absolute Gasteiger partial charge is 0.146 e. The molecule has 2 fully saturated rings. The Hall–Kier alpha value is -0.900. The Labute approximate surface area is 102 Å². The normalized spacial score (nSPS) is 27.5. The van der Waals surface area contributed by atoms with Gasteiger partial charge in [-0.05, 0) is 30.4 Å². The standard InChI is InChI=1S/C14H19NO2/c15-14(5-6-14)13-3-1-2-11(8-13)12-4-7-16-10-17-9-12/h1-3,8,12H,4-7,9-10,15H2/t12-/m0/s1. The molecular formula is C14H19NO2. The lowest BCUT2D eigenvalue weighted by Crippen LogP contribution is -2.19. The maximum atomic E-state index is 6.24. The molecule has 2 aliphatic rings. The molecule has 1 aliphatic heterocycles. The Balaban J connectivity index is 1.81. The van der Waals surface area contributed by atoms with E-state index in [1.54, 1.807) is 0 Å². The maximum absolute atomic E-state index is 6.24. The molecule has 0 bridgehead atoms. The van der Waals surface area contributed by atoms with Crippen molar-refractivity contribution in [3.05, 3.63) is 35.4 Å². The van der Waals surface area contributed by atoms with Crippen LogP contribution in [-0.2, 0) is 15.0 Å². The molecule has 1 aromatic rings. The monoisotopic (exact) mass is 233 g/mol. The molecule has 3 rings (SSSR count). The average molecular weight is 233 g/mol. The Morgan fingerprint density at radius 3 is 2.94 bits per heavy atom. The van der Waals surface area contributed by atoms with Crippen LogP contribution >= 0.6 is 0 Å². The molecule has 17 heavy (non-hydrogen) atoms. The largest absolute Gasteiger partial charge is 0.355 e. The minimum absolute atomic E-state index is 0.0436. The van der Waals surface area contributed by atoms with Crippen LogP contribution in [0.3, 0.4) is 0 Å². The van der Waals surface area contributed by atoms with Crippen LogP contribution in [0.25, 0.3) is 0 Å². The number of rotatable bonds is 2. The van der Waals surface area contributed by atoms with Gasteiger partial charge in [0.1, 0.15) is 6.79 Å². The molecule has 1 saturated heterocycles. The number of ether oxygens (including phenoxy) is 2. The number of hydrogen-bond acceptors (Lipinski definition) is 3. The summed E-state index contributed by atoms with van der Waals surface area (Å²) >= 11 is 0. The fourth-order valence-electron chi connectivity index (χ4n) is 2.41. The molecule has 1 saturated carbocycles. The van der Waals surface area contributed by atoms with Gasteiger partial charge in [0.05, 0.1) is 13.2 Å². The first-order valence-electron chi connectivity index (χ1n) is 6.33. The molecule has 1 heterocycles. The van der Waals surface area contributed by atoms with E-state index in [1.807, 2.05) is 0 Å². The molecular weight excluding hydrogens is 214 g/mol. The van der Waals surface area contributed by atoms with Crippen molar-refractivity contribution in [2.24, 2.45) is 5.73 Å². The fourth-order valence-corrected chi connectivity index (χ4v) is 2.41. The van der Waals surface area contributed by atoms with Crippen LogP contribution in [0.4, 0.5) is 0 Å². The van der Waals surface area contributed by atoms with Gasteiger partial charge in [0, 0.05) is 11.5 Å². The van der Waals surface area contributed by atoms with Gasteiger partial charge in [-0.25, -0.2) is 0 Å². The van der Waals surface area contributed by atoms with Crippen molar-refractivity contribution in [1.29, 1.82) is 0 Å². The Kier molecular flexibility index (Phi) is 2.90. The van der Waals surface area contributed by atoms with Gasteiger partial charge in [0.25, 0.3) is 0 Å². The second kappa shape index (κ2) is 4.41. The molecule has 3 nitrogen and oxygen atoms in total. The summed E-state index contributed by atoms with van der Waals surface area (Å²) in [7, 11) is 0. The molecule has 1 aromatic carbocycles. The van der Waals surface area contributed by atoms with Gasteiger partial charge in [0.15, 0.2) is 0 Å². The summed E-state index contributed by atoms with van der Waals surface area (Å²) in [6.45, 7) is 1.96. The lowest BCUT2D eigenvalue weighted by molar-refractivity contribution is -0.0330. The molecule has 1 aliphatic carbocycles. The van der Waals surface area contributed by atoms with Crippen LogP contribution in [0.2, 0.25) is 0 Å². The van der Waals surface area contributed by atoms with Crippen molar-refractivity contribution in [2.75, 3.05) is 20.0 Å². The van der Waals surface area contributed by atoms with Gasteiger partial charge in [0.2, 0.25) is 0 Å². The van der Waals surface area contributed by atoms with Gasteiger partial charge in [-0.1, -0.05) is 24.3 Å². The summed E-state index contributed by atoms with van der Waals surface area (Å²) in [6.07, 6.45) is 3.25. The summed E-state index contributed by atoms with van der Waals surface area (Å²) in [5, 5.41) is 0. The summed E-state index contributed by atoms with van der Waals surface area (Å²) in [4.78, 5) is 0. The SMILES string of the molecule is NC1(c2cccc([C@H]3CCOCOC3)c2)CC1. The van der Waals surface area contributed by atoms with Crippen LogP contribution in [0.1, 0.15) is 36.3 Å². The van der Waals surface area contributed by atoms with Crippen molar-refractivity contribution >= 4 is 0 Å². The van der Waals surface area contributed by atoms with Crippen molar-refractivity contribution in [1.82, 2.24) is 0 Å². The van der Waals surface area contributed by atoms with Crippen LogP contribution in [0.15, 0.2) is 24.3 Å². The van der Waals surface area contributed by atoms with E-state index in [4.69, 9.17) is 15.2 Å². The van der Waals surface area contributed by atoms with E-state index in [9.17, 15) is 0 Å². The summed E-state index contributed by atoms with van der Waals surface area (Å²) in [5.41, 5.74) is 8.81. The van der Waals surface area contributed by atoms with E-state index in [0.29, 0.717) is 12.7 Å². The van der Waals surface area contributed by atoms with Gasteiger partial charge in [-0.3, -0.25) is 0 Å². The zero-order valence-electron chi connectivity index (χ0n) is 10.0. The van der Waals surface area contributed by atoms with Crippen LogP contribution in [-0.4, -0.2) is 20.0 Å². The quantitative estimate of drug-likeness (QED) is 0.851. The van der Waals surface area contributed by atoms with Gasteiger partial charge in [-0.2, -0.15) is 0 Å². The van der Waals surface area contributed by atoms with Crippen LogP contribution < -0.4 is 5.73 Å². The van der Waals surface area contributed by atoms with Crippen molar-refractivity contribution in [3.8, 4) is 0 Å². The Bertz CT molecular complexity index is 393. The Morgan fingerprint density at radius 2 is 2.12 bits per heavy atom. The predicted molar refractivity (Wildman–Crippen MR) is 65.7 cm³/mol. The number of benzene rings is 1. The zero-order chi connectivity index (χ0) is 11.7. The average Bonchev–Trinajstić information content (AvgIpc) is 3.14. The molecule has 92 valence electrons. The molecule has 0 aromatic heterocycles. The highest BCUT2D eigenvalue weighted by Gasteiger charge is 2.40. The lowest BCUT2D eigenvalue weighted by Gasteiger charge is -2.16. The highest BCUT2D eigenvalue weighted by molar-refractivity contribution is 5.34. The van der Waals surface area contributed by atoms with Gasteiger partial charge >= 0.3 is 0 Å². The molecule has 1 atom stereocenters. The molecule has 2 N–H and O–H groups in total. The van der Waals surface area contributed by atoms with E-state index >= 15 is 0 Å². The van der Waals surface area contributed by atoms with Gasteiger partial charge < -0.3 is 15.2 Å². The minimum atomic E-state index is -0.0436. The summed E-state index contributed by atoms with van der Waals surface area (Å²) in [6, 6.07) is 8.69. The van der Waals surface area contributed by atoms with Gasteiger partial charge in [-0.15, -0.1) is 0 Å². The Morgan fingerprint density at radius 1 is 1.24 bits per heavy atom. The van der Waals surface area contributed by atoms with E-state index in [2.05, 4.69) is 24.3 Å². The zero-order valence-corrected chi connectivity index (χ0v) is 10.0. The van der Waals surface area contributed by atoms with Crippen LogP contribution in [0.5, 0.6) is 0 Å². The molecule has 0 spiro atoms. The highest BCUT2D eigenvalue weighted by Crippen LogP contribution is 2.43. The highest BCUT2D eigenvalue weighted by atomic mass is 16.7. The second-order valence-electron chi connectivity index (χ2n) is 5.16. The van der Waals surface area contributed by atoms with E-state index in [0.717, 1.165) is 32.5 Å². The topological polar surface area (TPSA) is 44.5 Å². The summed E-state index contributed by atoms with van der Waals surface area (Å²) < 4.78 is 10.8. The van der Waals surface area contributed by atoms with Crippen LogP contribution in [0, 0.1) is 0 Å². The lowest BCUT2D eigenvalue weighted by atomic mass is 9.93. The van der Waals surface area contributed by atoms with Crippen molar-refractivity contribution in [3.63, 3.8) is 0 Å². The third kappa shape index (κ3) is 2.37. The number of hydrogen-bond donors (Lipinski definition) is 1. The molecule has 0 radical (unpaired) electrons.